The van der Waals surface area contributed by atoms with Gasteiger partial charge in [0.25, 0.3) is 5.91 Å². The zero-order valence-corrected chi connectivity index (χ0v) is 13.8. The van der Waals surface area contributed by atoms with Gasteiger partial charge in [-0.2, -0.15) is 0 Å². The predicted molar refractivity (Wildman–Crippen MR) is 91.2 cm³/mol. The number of aliphatic hydroxyl groups is 1. The van der Waals surface area contributed by atoms with Crippen molar-refractivity contribution >= 4 is 5.91 Å². The Morgan fingerprint density at radius 3 is 2.70 bits per heavy atom. The highest BCUT2D eigenvalue weighted by Gasteiger charge is 2.31. The predicted octanol–water partition coefficient (Wildman–Crippen LogP) is 3.07. The zero-order valence-electron chi connectivity index (χ0n) is 13.8. The van der Waals surface area contributed by atoms with E-state index in [0.29, 0.717) is 12.1 Å². The highest BCUT2D eigenvalue weighted by atomic mass is 16.3. The second-order valence-corrected chi connectivity index (χ2v) is 6.41. The van der Waals surface area contributed by atoms with Gasteiger partial charge >= 0.3 is 0 Å². The van der Waals surface area contributed by atoms with E-state index in [4.69, 9.17) is 0 Å². The van der Waals surface area contributed by atoms with Crippen molar-refractivity contribution in [3.8, 4) is 11.3 Å². The molecule has 1 aliphatic heterocycles. The summed E-state index contributed by atoms with van der Waals surface area (Å²) in [6.45, 7) is 2.57. The maximum Gasteiger partial charge on any atom is 0.270 e. The van der Waals surface area contributed by atoms with Crippen LogP contribution in [0.25, 0.3) is 11.3 Å². The van der Waals surface area contributed by atoms with Gasteiger partial charge in [-0.25, -0.2) is 0 Å². The third kappa shape index (κ3) is 3.17. The Kier molecular flexibility index (Phi) is 4.53. The zero-order chi connectivity index (χ0) is 16.4. The first kappa shape index (κ1) is 15.8. The van der Waals surface area contributed by atoms with Crippen LogP contribution in [0.4, 0.5) is 0 Å². The second-order valence-electron chi connectivity index (χ2n) is 6.41. The number of amides is 1. The van der Waals surface area contributed by atoms with Crippen molar-refractivity contribution in [2.45, 2.75) is 38.3 Å². The van der Waals surface area contributed by atoms with Gasteiger partial charge in [-0.1, -0.05) is 30.3 Å². The first-order valence-electron chi connectivity index (χ1n) is 8.28. The average Bonchev–Trinajstić information content (AvgIpc) is 3.14. The molecular formula is C19H24N2O2. The summed E-state index contributed by atoms with van der Waals surface area (Å²) in [5.41, 5.74) is 2.86. The number of hydrogen-bond acceptors (Lipinski definition) is 2. The lowest BCUT2D eigenvalue weighted by Gasteiger charge is -2.26. The molecule has 1 N–H and O–H groups in total. The van der Waals surface area contributed by atoms with Crippen LogP contribution in [-0.2, 0) is 7.05 Å². The van der Waals surface area contributed by atoms with Crippen molar-refractivity contribution in [2.24, 2.45) is 7.05 Å². The molecule has 2 aromatic rings. The lowest BCUT2D eigenvalue weighted by Crippen LogP contribution is -2.38. The molecule has 2 unspecified atom stereocenters. The van der Waals surface area contributed by atoms with E-state index in [9.17, 15) is 9.90 Å². The molecule has 1 aromatic heterocycles. The Morgan fingerprint density at radius 1 is 1.26 bits per heavy atom. The van der Waals surface area contributed by atoms with Crippen molar-refractivity contribution in [1.82, 2.24) is 9.47 Å². The number of rotatable bonds is 4. The molecule has 3 rings (SSSR count). The fourth-order valence-electron chi connectivity index (χ4n) is 3.51. The van der Waals surface area contributed by atoms with Gasteiger partial charge in [-0.15, -0.1) is 0 Å². The molecule has 4 heteroatoms. The fraction of sp³-hybridized carbons (Fsp3) is 0.421. The van der Waals surface area contributed by atoms with Crippen LogP contribution in [0.1, 0.15) is 36.7 Å². The molecule has 122 valence electrons. The molecular weight excluding hydrogens is 288 g/mol. The Labute approximate surface area is 137 Å². The van der Waals surface area contributed by atoms with E-state index in [2.05, 4.69) is 12.1 Å². The minimum atomic E-state index is -0.373. The van der Waals surface area contributed by atoms with E-state index in [1.807, 2.05) is 46.8 Å². The van der Waals surface area contributed by atoms with Crippen LogP contribution in [0, 0.1) is 0 Å². The Bertz CT molecular complexity index is 676. The topological polar surface area (TPSA) is 45.5 Å². The number of aliphatic hydroxyl groups excluding tert-OH is 1. The van der Waals surface area contributed by atoms with Gasteiger partial charge in [0, 0.05) is 25.3 Å². The highest BCUT2D eigenvalue weighted by Crippen LogP contribution is 2.26. The lowest BCUT2D eigenvalue weighted by atomic mass is 10.1. The van der Waals surface area contributed by atoms with Gasteiger partial charge in [-0.3, -0.25) is 4.79 Å². The molecule has 2 heterocycles. The number of carbonyl (C=O) groups is 1. The van der Waals surface area contributed by atoms with Crippen molar-refractivity contribution in [3.63, 3.8) is 0 Å². The van der Waals surface area contributed by atoms with Gasteiger partial charge in [0.1, 0.15) is 5.69 Å². The molecule has 23 heavy (non-hydrogen) atoms. The summed E-state index contributed by atoms with van der Waals surface area (Å²) in [6, 6.07) is 14.2. The number of aromatic nitrogens is 1. The first-order chi connectivity index (χ1) is 11.1. The number of hydrogen-bond donors (Lipinski definition) is 1. The maximum absolute atomic E-state index is 12.9. The van der Waals surface area contributed by atoms with E-state index >= 15 is 0 Å². The molecule has 0 bridgehead atoms. The van der Waals surface area contributed by atoms with E-state index in [1.54, 1.807) is 6.92 Å². The Hall–Kier alpha value is -2.07. The SMILES string of the molecule is CC(O)CC1CCCN1C(=O)c1ccc(-c2ccccc2)n1C. The van der Waals surface area contributed by atoms with Crippen LogP contribution in [0.2, 0.25) is 0 Å². The van der Waals surface area contributed by atoms with Gasteiger partial charge in [0.05, 0.1) is 6.10 Å². The smallest absolute Gasteiger partial charge is 0.270 e. The summed E-state index contributed by atoms with van der Waals surface area (Å²) in [7, 11) is 1.94. The number of likely N-dealkylation sites (tertiary alicyclic amines) is 1. The van der Waals surface area contributed by atoms with Crippen LogP contribution in [0.5, 0.6) is 0 Å². The summed E-state index contributed by atoms with van der Waals surface area (Å²) < 4.78 is 1.97. The number of nitrogens with zero attached hydrogens (tertiary/aromatic N) is 2. The molecule has 1 saturated heterocycles. The summed E-state index contributed by atoms with van der Waals surface area (Å²) >= 11 is 0. The molecule has 0 spiro atoms. The molecule has 0 aliphatic carbocycles. The molecule has 4 nitrogen and oxygen atoms in total. The lowest BCUT2D eigenvalue weighted by molar-refractivity contribution is 0.0673. The molecule has 1 aliphatic rings. The summed E-state index contributed by atoms with van der Waals surface area (Å²) in [4.78, 5) is 14.9. The monoisotopic (exact) mass is 312 g/mol. The molecule has 2 atom stereocenters. The first-order valence-corrected chi connectivity index (χ1v) is 8.28. The van der Waals surface area contributed by atoms with E-state index < -0.39 is 0 Å². The molecule has 1 aromatic carbocycles. The minimum absolute atomic E-state index is 0.0674. The van der Waals surface area contributed by atoms with Gasteiger partial charge in [-0.05, 0) is 43.9 Å². The van der Waals surface area contributed by atoms with Crippen LogP contribution in [0.15, 0.2) is 42.5 Å². The largest absolute Gasteiger partial charge is 0.393 e. The van der Waals surface area contributed by atoms with E-state index in [0.717, 1.165) is 30.6 Å². The van der Waals surface area contributed by atoms with E-state index in [1.165, 1.54) is 0 Å². The molecule has 0 radical (unpaired) electrons. The van der Waals surface area contributed by atoms with Gasteiger partial charge in [0.2, 0.25) is 0 Å². The second kappa shape index (κ2) is 6.59. The minimum Gasteiger partial charge on any atom is -0.393 e. The standard InChI is InChI=1S/C19H24N2O2/c1-14(22)13-16-9-6-12-21(16)19(23)18-11-10-17(20(18)2)15-7-4-3-5-8-15/h3-5,7-8,10-11,14,16,22H,6,9,12-13H2,1-2H3. The van der Waals surface area contributed by atoms with Crippen molar-refractivity contribution < 1.29 is 9.90 Å². The molecule has 0 saturated carbocycles. The van der Waals surface area contributed by atoms with Crippen LogP contribution < -0.4 is 0 Å². The summed E-state index contributed by atoms with van der Waals surface area (Å²) in [6.07, 6.45) is 2.27. The normalized spacial score (nSPS) is 19.1. The summed E-state index contributed by atoms with van der Waals surface area (Å²) in [5, 5.41) is 9.65. The fourth-order valence-corrected chi connectivity index (χ4v) is 3.51. The third-order valence-electron chi connectivity index (χ3n) is 4.66. The van der Waals surface area contributed by atoms with Crippen molar-refractivity contribution in [1.29, 1.82) is 0 Å². The molecule has 1 fully saturated rings. The quantitative estimate of drug-likeness (QED) is 0.943. The maximum atomic E-state index is 12.9. The highest BCUT2D eigenvalue weighted by molar-refractivity contribution is 5.94. The van der Waals surface area contributed by atoms with Crippen molar-refractivity contribution in [2.75, 3.05) is 6.54 Å². The van der Waals surface area contributed by atoms with Crippen molar-refractivity contribution in [3.05, 3.63) is 48.2 Å². The van der Waals surface area contributed by atoms with Gasteiger partial charge < -0.3 is 14.6 Å². The average molecular weight is 312 g/mol. The number of carbonyl (C=O) groups excluding carboxylic acids is 1. The Balaban J connectivity index is 1.85. The number of benzene rings is 1. The van der Waals surface area contributed by atoms with Crippen LogP contribution in [-0.4, -0.2) is 39.2 Å². The van der Waals surface area contributed by atoms with Gasteiger partial charge in [0.15, 0.2) is 0 Å². The third-order valence-corrected chi connectivity index (χ3v) is 4.66. The Morgan fingerprint density at radius 2 is 2.00 bits per heavy atom. The summed E-state index contributed by atoms with van der Waals surface area (Å²) in [5.74, 6) is 0.0674. The van der Waals surface area contributed by atoms with Crippen LogP contribution in [0.3, 0.4) is 0 Å². The molecule has 1 amide bonds. The van der Waals surface area contributed by atoms with Crippen LogP contribution >= 0.6 is 0 Å². The van der Waals surface area contributed by atoms with E-state index in [-0.39, 0.29) is 18.1 Å².